The van der Waals surface area contributed by atoms with Crippen LogP contribution in [0.15, 0.2) is 30.3 Å². The van der Waals surface area contributed by atoms with Gasteiger partial charge in [0.1, 0.15) is 16.8 Å². The summed E-state index contributed by atoms with van der Waals surface area (Å²) in [6.45, 7) is 6.35. The van der Waals surface area contributed by atoms with Crippen LogP contribution in [0.2, 0.25) is 0 Å². The van der Waals surface area contributed by atoms with E-state index in [0.29, 0.717) is 5.95 Å². The Kier molecular flexibility index (Phi) is 8.30. The Morgan fingerprint density at radius 1 is 1.18 bits per heavy atom. The largest absolute Gasteiger partial charge is 0.263 e. The van der Waals surface area contributed by atoms with Gasteiger partial charge in [0.15, 0.2) is 0 Å². The molecule has 1 aromatic heterocycles. The molecular weight excluding hydrogens is 373 g/mol. The van der Waals surface area contributed by atoms with Gasteiger partial charge in [-0.15, -0.1) is 0 Å². The first-order valence-corrected chi connectivity index (χ1v) is 11.3. The lowest BCUT2D eigenvalue weighted by molar-refractivity contribution is 0.628. The second-order valence-corrected chi connectivity index (χ2v) is 8.55. The second kappa shape index (κ2) is 10.5. The fraction of sp³-hybridized carbons (Fsp3) is 0.455. The van der Waals surface area contributed by atoms with Crippen molar-refractivity contribution in [2.75, 3.05) is 17.6 Å². The average Bonchev–Trinajstić information content (AvgIpc) is 2.67. The molecule has 0 saturated carbocycles. The van der Waals surface area contributed by atoms with Crippen molar-refractivity contribution in [2.24, 2.45) is 0 Å². The highest BCUT2D eigenvalue weighted by atomic mass is 32.2. The first-order valence-electron chi connectivity index (χ1n) is 9.76. The molecule has 0 aliphatic carbocycles. The SMILES string of the molecule is CCCCC/C=C/c1c(-c2ccc(F)cc2)nc(N(C)S(C)=O)nc1C(C)C. The molecule has 0 spiro atoms. The Labute approximate surface area is 170 Å². The average molecular weight is 404 g/mol. The second-order valence-electron chi connectivity index (χ2n) is 7.15. The Bertz CT molecular complexity index is 834. The molecule has 28 heavy (non-hydrogen) atoms. The number of aromatic nitrogens is 2. The van der Waals surface area contributed by atoms with E-state index in [1.807, 2.05) is 0 Å². The van der Waals surface area contributed by atoms with Gasteiger partial charge >= 0.3 is 0 Å². The zero-order valence-corrected chi connectivity index (χ0v) is 18.2. The minimum Gasteiger partial charge on any atom is -0.263 e. The Balaban J connectivity index is 2.61. The molecule has 152 valence electrons. The molecule has 0 saturated heterocycles. The van der Waals surface area contributed by atoms with Gasteiger partial charge in [-0.2, -0.15) is 0 Å². The topological polar surface area (TPSA) is 46.1 Å². The minimum absolute atomic E-state index is 0.162. The van der Waals surface area contributed by atoms with E-state index in [0.717, 1.165) is 35.4 Å². The zero-order chi connectivity index (χ0) is 20.7. The van der Waals surface area contributed by atoms with Gasteiger partial charge < -0.3 is 0 Å². The first kappa shape index (κ1) is 22.2. The first-order chi connectivity index (χ1) is 13.3. The van der Waals surface area contributed by atoms with E-state index in [1.54, 1.807) is 29.7 Å². The summed E-state index contributed by atoms with van der Waals surface area (Å²) in [5.74, 6) is 0.285. The normalized spacial score (nSPS) is 12.7. The van der Waals surface area contributed by atoms with Gasteiger partial charge in [-0.05, 0) is 43.0 Å². The van der Waals surface area contributed by atoms with Gasteiger partial charge in [-0.1, -0.05) is 45.8 Å². The third-order valence-corrected chi connectivity index (χ3v) is 5.49. The summed E-state index contributed by atoms with van der Waals surface area (Å²) in [5, 5.41) is 0. The van der Waals surface area contributed by atoms with Crippen LogP contribution < -0.4 is 4.31 Å². The third-order valence-electron chi connectivity index (χ3n) is 4.55. The van der Waals surface area contributed by atoms with Gasteiger partial charge in [-0.3, -0.25) is 4.31 Å². The molecule has 1 aromatic carbocycles. The maximum absolute atomic E-state index is 13.4. The molecule has 0 fully saturated rings. The van der Waals surface area contributed by atoms with Gasteiger partial charge in [0.2, 0.25) is 5.95 Å². The molecular formula is C22H30FN3OS. The summed E-state index contributed by atoms with van der Waals surface area (Å²) in [7, 11) is 0.476. The van der Waals surface area contributed by atoms with Crippen LogP contribution in [0.1, 0.15) is 63.6 Å². The highest BCUT2D eigenvalue weighted by molar-refractivity contribution is 7.85. The molecule has 4 nitrogen and oxygen atoms in total. The Morgan fingerprint density at radius 3 is 2.43 bits per heavy atom. The number of benzene rings is 1. The van der Waals surface area contributed by atoms with Crippen molar-refractivity contribution < 1.29 is 8.60 Å². The molecule has 0 aliphatic heterocycles. The number of hydrogen-bond donors (Lipinski definition) is 0. The van der Waals surface area contributed by atoms with E-state index in [-0.39, 0.29) is 11.7 Å². The van der Waals surface area contributed by atoms with E-state index < -0.39 is 11.0 Å². The lowest BCUT2D eigenvalue weighted by atomic mass is 9.97. The van der Waals surface area contributed by atoms with E-state index in [4.69, 9.17) is 9.97 Å². The van der Waals surface area contributed by atoms with Crippen LogP contribution in [-0.2, 0) is 11.0 Å². The summed E-state index contributed by atoms with van der Waals surface area (Å²) >= 11 is 0. The number of hydrogen-bond acceptors (Lipinski definition) is 3. The van der Waals surface area contributed by atoms with E-state index >= 15 is 0 Å². The maximum atomic E-state index is 13.4. The van der Waals surface area contributed by atoms with Crippen molar-refractivity contribution in [1.82, 2.24) is 9.97 Å². The highest BCUT2D eigenvalue weighted by Crippen LogP contribution is 2.31. The van der Waals surface area contributed by atoms with Crippen molar-refractivity contribution in [3.05, 3.63) is 47.4 Å². The molecule has 6 heteroatoms. The molecule has 1 atom stereocenters. The van der Waals surface area contributed by atoms with E-state index in [9.17, 15) is 8.60 Å². The van der Waals surface area contributed by atoms with Crippen LogP contribution in [0.25, 0.3) is 17.3 Å². The minimum atomic E-state index is -1.24. The molecule has 1 heterocycles. The lowest BCUT2D eigenvalue weighted by Crippen LogP contribution is -2.22. The fourth-order valence-electron chi connectivity index (χ4n) is 2.88. The van der Waals surface area contributed by atoms with Crippen molar-refractivity contribution >= 4 is 23.0 Å². The predicted molar refractivity (Wildman–Crippen MR) is 117 cm³/mol. The number of rotatable bonds is 9. The van der Waals surface area contributed by atoms with Crippen LogP contribution in [0.3, 0.4) is 0 Å². The molecule has 0 radical (unpaired) electrons. The summed E-state index contributed by atoms with van der Waals surface area (Å²) in [6.07, 6.45) is 10.4. The summed E-state index contributed by atoms with van der Waals surface area (Å²) in [4.78, 5) is 9.41. The third kappa shape index (κ3) is 5.71. The van der Waals surface area contributed by atoms with E-state index in [2.05, 4.69) is 32.9 Å². The molecule has 0 amide bonds. The lowest BCUT2D eigenvalue weighted by Gasteiger charge is -2.20. The summed E-state index contributed by atoms with van der Waals surface area (Å²) in [6, 6.07) is 6.32. The Hall–Kier alpha value is -2.08. The van der Waals surface area contributed by atoms with Gasteiger partial charge in [-0.25, -0.2) is 18.6 Å². The number of anilines is 1. The van der Waals surface area contributed by atoms with Crippen LogP contribution >= 0.6 is 0 Å². The van der Waals surface area contributed by atoms with Crippen molar-refractivity contribution in [1.29, 1.82) is 0 Å². The predicted octanol–water partition coefficient (Wildman–Crippen LogP) is 5.73. The van der Waals surface area contributed by atoms with Crippen LogP contribution in [0.4, 0.5) is 10.3 Å². The summed E-state index contributed by atoms with van der Waals surface area (Å²) in [5.41, 5.74) is 3.39. The zero-order valence-electron chi connectivity index (χ0n) is 17.4. The molecule has 0 N–H and O–H groups in total. The van der Waals surface area contributed by atoms with Gasteiger partial charge in [0, 0.05) is 24.4 Å². The smallest absolute Gasteiger partial charge is 0.237 e. The molecule has 0 bridgehead atoms. The fourth-order valence-corrected chi connectivity index (χ4v) is 3.19. The molecule has 2 rings (SSSR count). The monoisotopic (exact) mass is 403 g/mol. The summed E-state index contributed by atoms with van der Waals surface area (Å²) < 4.78 is 27.0. The van der Waals surface area contributed by atoms with Gasteiger partial charge in [0.05, 0.1) is 11.4 Å². The van der Waals surface area contributed by atoms with Crippen molar-refractivity contribution in [2.45, 2.75) is 52.4 Å². The van der Waals surface area contributed by atoms with Gasteiger partial charge in [0.25, 0.3) is 0 Å². The maximum Gasteiger partial charge on any atom is 0.237 e. The quantitative estimate of drug-likeness (QED) is 0.502. The standard InChI is InChI=1S/C22H30FN3OS/c1-6-7-8-9-10-11-19-20(16(2)3)24-22(26(4)28(5)27)25-21(19)17-12-14-18(23)15-13-17/h10-16H,6-9H2,1-5H3/b11-10+. The van der Waals surface area contributed by atoms with Crippen LogP contribution in [-0.4, -0.2) is 27.5 Å². The van der Waals surface area contributed by atoms with Crippen molar-refractivity contribution in [3.63, 3.8) is 0 Å². The number of nitrogens with zero attached hydrogens (tertiary/aromatic N) is 3. The Morgan fingerprint density at radius 2 is 1.86 bits per heavy atom. The number of unbranched alkanes of at least 4 members (excludes halogenated alkanes) is 3. The molecule has 0 aliphatic rings. The van der Waals surface area contributed by atoms with Crippen LogP contribution in [0.5, 0.6) is 0 Å². The number of halogens is 1. The van der Waals surface area contributed by atoms with E-state index in [1.165, 1.54) is 25.0 Å². The number of allylic oxidation sites excluding steroid dienone is 1. The van der Waals surface area contributed by atoms with Crippen molar-refractivity contribution in [3.8, 4) is 11.3 Å². The van der Waals surface area contributed by atoms with Crippen LogP contribution in [0, 0.1) is 5.82 Å². The highest BCUT2D eigenvalue weighted by Gasteiger charge is 2.19. The molecule has 1 unspecified atom stereocenters. The molecule has 2 aromatic rings.